The molecule has 0 saturated carbocycles. The monoisotopic (exact) mass is 461 g/mol. The fourth-order valence-corrected chi connectivity index (χ4v) is 5.90. The van der Waals surface area contributed by atoms with Crippen molar-refractivity contribution in [1.29, 1.82) is 0 Å². The first kappa shape index (κ1) is 21.5. The van der Waals surface area contributed by atoms with Crippen LogP contribution in [0.5, 0.6) is 5.75 Å². The number of aromatic hydroxyl groups is 1. The Kier molecular flexibility index (Phi) is 5.59. The van der Waals surface area contributed by atoms with Gasteiger partial charge in [-0.1, -0.05) is 6.07 Å². The molecule has 0 aliphatic heterocycles. The van der Waals surface area contributed by atoms with Crippen LogP contribution in [-0.4, -0.2) is 37.5 Å². The van der Waals surface area contributed by atoms with Crippen molar-refractivity contribution < 1.29 is 22.7 Å². The molecule has 0 spiro atoms. The second-order valence-electron chi connectivity index (χ2n) is 7.28. The zero-order chi connectivity index (χ0) is 22.3. The first-order valence-corrected chi connectivity index (χ1v) is 12.0. The number of thiophene rings is 1. The van der Waals surface area contributed by atoms with Crippen LogP contribution in [0, 0.1) is 5.82 Å². The van der Waals surface area contributed by atoms with Crippen molar-refractivity contribution in [2.24, 2.45) is 0 Å². The zero-order valence-corrected chi connectivity index (χ0v) is 18.4. The zero-order valence-electron chi connectivity index (χ0n) is 16.8. The van der Waals surface area contributed by atoms with Crippen LogP contribution in [0.4, 0.5) is 4.39 Å². The molecule has 6 nitrogen and oxygen atoms in total. The highest BCUT2D eigenvalue weighted by atomic mass is 32.2. The number of aromatic nitrogens is 1. The molecule has 31 heavy (non-hydrogen) atoms. The molecule has 0 bridgehead atoms. The Morgan fingerprint density at radius 1 is 1.23 bits per heavy atom. The minimum Gasteiger partial charge on any atom is -0.507 e. The summed E-state index contributed by atoms with van der Waals surface area (Å²) in [4.78, 5) is 14.7. The number of benzene rings is 2. The SMILES string of the molecule is COCC[C@H](C)S(=O)(=O)c1ccc(-c2c(O)ccc3[nH]c(=O)c4sccc4c23)cc1F. The number of sulfone groups is 1. The van der Waals surface area contributed by atoms with E-state index in [1.165, 1.54) is 43.6 Å². The molecule has 4 aromatic rings. The van der Waals surface area contributed by atoms with Gasteiger partial charge in [-0.2, -0.15) is 0 Å². The second-order valence-corrected chi connectivity index (χ2v) is 10.5. The minimum absolute atomic E-state index is 0.101. The molecule has 0 saturated heterocycles. The average Bonchev–Trinajstić information content (AvgIpc) is 3.23. The number of phenols is 1. The van der Waals surface area contributed by atoms with E-state index >= 15 is 4.39 Å². The molecule has 0 radical (unpaired) electrons. The maximum Gasteiger partial charge on any atom is 0.266 e. The van der Waals surface area contributed by atoms with Crippen LogP contribution in [0.3, 0.4) is 0 Å². The van der Waals surface area contributed by atoms with Crippen LogP contribution in [-0.2, 0) is 14.6 Å². The largest absolute Gasteiger partial charge is 0.507 e. The highest BCUT2D eigenvalue weighted by molar-refractivity contribution is 7.92. The molecule has 0 aliphatic carbocycles. The molecular formula is C22H20FNO5S2. The summed E-state index contributed by atoms with van der Waals surface area (Å²) in [6, 6.07) is 8.57. The van der Waals surface area contributed by atoms with Crippen molar-refractivity contribution in [3.63, 3.8) is 0 Å². The molecule has 2 heterocycles. The predicted octanol–water partition coefficient (Wildman–Crippen LogP) is 4.45. The van der Waals surface area contributed by atoms with E-state index in [0.717, 1.165) is 6.07 Å². The summed E-state index contributed by atoms with van der Waals surface area (Å²) in [6.07, 6.45) is 0.244. The molecule has 2 aromatic carbocycles. The number of fused-ring (bicyclic) bond motifs is 3. The molecule has 2 aromatic heterocycles. The topological polar surface area (TPSA) is 96.5 Å². The van der Waals surface area contributed by atoms with Gasteiger partial charge >= 0.3 is 0 Å². The summed E-state index contributed by atoms with van der Waals surface area (Å²) in [6.45, 7) is 1.76. The first-order chi connectivity index (χ1) is 14.8. The van der Waals surface area contributed by atoms with Crippen molar-refractivity contribution >= 4 is 42.2 Å². The summed E-state index contributed by atoms with van der Waals surface area (Å²) in [5.74, 6) is -1.00. The molecule has 0 unspecified atom stereocenters. The Morgan fingerprint density at radius 2 is 2.00 bits per heavy atom. The summed E-state index contributed by atoms with van der Waals surface area (Å²) >= 11 is 1.27. The van der Waals surface area contributed by atoms with Gasteiger partial charge in [0.15, 0.2) is 9.84 Å². The van der Waals surface area contributed by atoms with Gasteiger partial charge in [0.1, 0.15) is 21.2 Å². The van der Waals surface area contributed by atoms with Crippen LogP contribution in [0.1, 0.15) is 13.3 Å². The van der Waals surface area contributed by atoms with E-state index in [1.54, 1.807) is 17.5 Å². The Labute approximate surface area is 181 Å². The lowest BCUT2D eigenvalue weighted by Gasteiger charge is -2.15. The van der Waals surface area contributed by atoms with E-state index in [9.17, 15) is 18.3 Å². The third-order valence-corrected chi connectivity index (χ3v) is 8.51. The Hall–Kier alpha value is -2.75. The number of pyridine rings is 1. The van der Waals surface area contributed by atoms with Crippen molar-refractivity contribution in [2.45, 2.75) is 23.5 Å². The van der Waals surface area contributed by atoms with Crippen LogP contribution < -0.4 is 5.56 Å². The maximum absolute atomic E-state index is 15.0. The third-order valence-electron chi connectivity index (χ3n) is 5.36. The van der Waals surface area contributed by atoms with Gasteiger partial charge in [0.2, 0.25) is 0 Å². The quantitative estimate of drug-likeness (QED) is 0.442. The number of H-pyrrole nitrogens is 1. The van der Waals surface area contributed by atoms with Crippen molar-refractivity contribution in [1.82, 2.24) is 4.98 Å². The number of rotatable bonds is 6. The number of aromatic amines is 1. The van der Waals surface area contributed by atoms with E-state index in [4.69, 9.17) is 4.74 Å². The first-order valence-electron chi connectivity index (χ1n) is 9.53. The van der Waals surface area contributed by atoms with E-state index in [1.807, 2.05) is 0 Å². The number of ether oxygens (including phenoxy) is 1. The lowest BCUT2D eigenvalue weighted by molar-refractivity contribution is 0.194. The molecule has 0 fully saturated rings. The second kappa shape index (κ2) is 8.07. The molecule has 4 rings (SSSR count). The minimum atomic E-state index is -3.89. The number of halogens is 1. The number of hydrogen-bond donors (Lipinski definition) is 2. The lowest BCUT2D eigenvalue weighted by atomic mass is 9.97. The average molecular weight is 462 g/mol. The van der Waals surface area contributed by atoms with E-state index < -0.39 is 25.8 Å². The molecular weight excluding hydrogens is 441 g/mol. The number of nitrogens with one attached hydrogen (secondary N) is 1. The predicted molar refractivity (Wildman–Crippen MR) is 120 cm³/mol. The van der Waals surface area contributed by atoms with Gasteiger partial charge in [-0.25, -0.2) is 12.8 Å². The van der Waals surface area contributed by atoms with Gasteiger partial charge in [0.25, 0.3) is 5.56 Å². The van der Waals surface area contributed by atoms with E-state index in [-0.39, 0.29) is 24.3 Å². The van der Waals surface area contributed by atoms with Crippen LogP contribution in [0.25, 0.3) is 32.1 Å². The van der Waals surface area contributed by atoms with Crippen molar-refractivity contribution in [2.75, 3.05) is 13.7 Å². The van der Waals surface area contributed by atoms with Crippen LogP contribution in [0.2, 0.25) is 0 Å². The fraction of sp³-hybridized carbons (Fsp3) is 0.227. The Balaban J connectivity index is 1.90. The van der Waals surface area contributed by atoms with E-state index in [0.29, 0.717) is 32.1 Å². The number of hydrogen-bond acceptors (Lipinski definition) is 6. The molecule has 2 N–H and O–H groups in total. The van der Waals surface area contributed by atoms with Crippen molar-refractivity contribution in [3.8, 4) is 16.9 Å². The van der Waals surface area contributed by atoms with Gasteiger partial charge in [-0.3, -0.25) is 4.79 Å². The standard InChI is InChI=1S/C22H20FNO5S2/c1-12(7-9-29-2)31(27,28)18-6-3-13(11-15(18)23)19-17(25)5-4-16-20(19)14-8-10-30-21(14)22(26)24-16/h3-6,8,10-12,25H,7,9H2,1-2H3,(H,24,26)/t12-/m0/s1. The molecule has 162 valence electrons. The third kappa shape index (κ3) is 3.62. The summed E-state index contributed by atoms with van der Waals surface area (Å²) in [7, 11) is -2.41. The highest BCUT2D eigenvalue weighted by Crippen LogP contribution is 2.40. The molecule has 1 atom stereocenters. The highest BCUT2D eigenvalue weighted by Gasteiger charge is 2.27. The maximum atomic E-state index is 15.0. The fourth-order valence-electron chi connectivity index (χ4n) is 3.67. The summed E-state index contributed by atoms with van der Waals surface area (Å²) in [5, 5.41) is 12.8. The molecule has 0 aliphatic rings. The van der Waals surface area contributed by atoms with E-state index in [2.05, 4.69) is 4.98 Å². The summed E-state index contributed by atoms with van der Waals surface area (Å²) in [5.41, 5.74) is 0.886. The van der Waals surface area contributed by atoms with Gasteiger partial charge in [0, 0.05) is 35.6 Å². The van der Waals surface area contributed by atoms with Gasteiger partial charge < -0.3 is 14.8 Å². The Morgan fingerprint density at radius 3 is 2.71 bits per heavy atom. The molecule has 0 amide bonds. The van der Waals surface area contributed by atoms with Gasteiger partial charge in [0.05, 0.1) is 5.25 Å². The Bertz CT molecular complexity index is 1460. The number of phenolic OH excluding ortho intramolecular Hbond substituents is 1. The normalized spacial score (nSPS) is 13.1. The van der Waals surface area contributed by atoms with Gasteiger partial charge in [-0.05, 0) is 54.6 Å². The smallest absolute Gasteiger partial charge is 0.266 e. The van der Waals surface area contributed by atoms with Crippen LogP contribution >= 0.6 is 11.3 Å². The molecule has 9 heteroatoms. The van der Waals surface area contributed by atoms with Gasteiger partial charge in [-0.15, -0.1) is 11.3 Å². The van der Waals surface area contributed by atoms with Crippen molar-refractivity contribution in [3.05, 3.63) is 57.9 Å². The summed E-state index contributed by atoms with van der Waals surface area (Å²) < 4.78 is 46.0. The van der Waals surface area contributed by atoms with Crippen LogP contribution in [0.15, 0.2) is 51.5 Å². The lowest BCUT2D eigenvalue weighted by Crippen LogP contribution is -2.20. The number of methoxy groups -OCH3 is 1.